The van der Waals surface area contributed by atoms with Crippen molar-refractivity contribution in [2.24, 2.45) is 39.7 Å². The molecular formula is C26H41FN2O2. The van der Waals surface area contributed by atoms with E-state index in [2.05, 4.69) is 23.9 Å². The first-order valence-electron chi connectivity index (χ1n) is 13.0. The molecule has 174 valence electrons. The van der Waals surface area contributed by atoms with E-state index in [1.165, 1.54) is 50.9 Å². The van der Waals surface area contributed by atoms with Crippen LogP contribution < -0.4 is 0 Å². The van der Waals surface area contributed by atoms with Gasteiger partial charge >= 0.3 is 0 Å². The van der Waals surface area contributed by atoms with Gasteiger partial charge in [0, 0.05) is 12.0 Å². The maximum absolute atomic E-state index is 14.4. The standard InChI is InChI=1S/C26H41FN2O2/c1-25-10-8-19(28-31-15-14-29-12-4-3-5-13-29)16-18(25)6-7-20-21(25)9-11-26(2)22(20)17-23(27)24(26)30/h18,20-23H,3-17H2,1-2H3/t18?,20?,21?,22?,23?,25-,26-/m0/s1. The summed E-state index contributed by atoms with van der Waals surface area (Å²) in [5.74, 6) is 2.00. The van der Waals surface area contributed by atoms with Gasteiger partial charge in [-0.25, -0.2) is 4.39 Å². The topological polar surface area (TPSA) is 41.9 Å². The Morgan fingerprint density at radius 3 is 2.71 bits per heavy atom. The number of halogens is 1. The van der Waals surface area contributed by atoms with Crippen LogP contribution in [0.2, 0.25) is 0 Å². The summed E-state index contributed by atoms with van der Waals surface area (Å²) in [4.78, 5) is 20.8. The molecule has 0 N–H and O–H groups in total. The first-order valence-corrected chi connectivity index (χ1v) is 13.0. The second kappa shape index (κ2) is 8.43. The fraction of sp³-hybridized carbons (Fsp3) is 0.923. The van der Waals surface area contributed by atoms with Gasteiger partial charge in [0.05, 0.1) is 5.71 Å². The van der Waals surface area contributed by atoms with Crippen LogP contribution in [0.1, 0.15) is 84.5 Å². The van der Waals surface area contributed by atoms with Crippen molar-refractivity contribution >= 4 is 11.5 Å². The highest BCUT2D eigenvalue weighted by atomic mass is 19.1. The van der Waals surface area contributed by atoms with Gasteiger partial charge in [-0.2, -0.15) is 0 Å². The largest absolute Gasteiger partial charge is 0.394 e. The lowest BCUT2D eigenvalue weighted by Gasteiger charge is -2.59. The van der Waals surface area contributed by atoms with Crippen molar-refractivity contribution < 1.29 is 14.0 Å². The fourth-order valence-corrected chi connectivity index (χ4v) is 8.38. The molecule has 4 nitrogen and oxygen atoms in total. The Morgan fingerprint density at radius 1 is 1.10 bits per heavy atom. The van der Waals surface area contributed by atoms with E-state index < -0.39 is 11.6 Å². The molecule has 1 heterocycles. The van der Waals surface area contributed by atoms with Gasteiger partial charge in [0.2, 0.25) is 0 Å². The molecular weight excluding hydrogens is 391 g/mol. The number of ketones is 1. The zero-order valence-corrected chi connectivity index (χ0v) is 19.6. The number of piperidine rings is 1. The Labute approximate surface area is 187 Å². The van der Waals surface area contributed by atoms with Crippen LogP contribution >= 0.6 is 0 Å². The van der Waals surface area contributed by atoms with Crippen LogP contribution in [0, 0.1) is 34.5 Å². The van der Waals surface area contributed by atoms with Crippen molar-refractivity contribution in [2.75, 3.05) is 26.2 Å². The summed E-state index contributed by atoms with van der Waals surface area (Å²) in [6.07, 6.45) is 10.9. The monoisotopic (exact) mass is 432 g/mol. The molecule has 0 radical (unpaired) electrons. The van der Waals surface area contributed by atoms with Crippen molar-refractivity contribution in [1.82, 2.24) is 4.90 Å². The van der Waals surface area contributed by atoms with Crippen LogP contribution in [0.5, 0.6) is 0 Å². The molecule has 0 bridgehead atoms. The predicted molar refractivity (Wildman–Crippen MR) is 121 cm³/mol. The molecule has 1 saturated heterocycles. The fourth-order valence-electron chi connectivity index (χ4n) is 8.38. The Hall–Kier alpha value is -0.970. The smallest absolute Gasteiger partial charge is 0.173 e. The molecule has 5 rings (SSSR count). The van der Waals surface area contributed by atoms with Gasteiger partial charge in [-0.1, -0.05) is 25.4 Å². The third kappa shape index (κ3) is 3.77. The highest BCUT2D eigenvalue weighted by molar-refractivity contribution is 5.91. The lowest BCUT2D eigenvalue weighted by molar-refractivity contribution is -0.138. The van der Waals surface area contributed by atoms with Crippen LogP contribution in [-0.4, -0.2) is 48.8 Å². The van der Waals surface area contributed by atoms with E-state index in [0.29, 0.717) is 36.2 Å². The van der Waals surface area contributed by atoms with Crippen LogP contribution in [0.3, 0.4) is 0 Å². The van der Waals surface area contributed by atoms with Crippen LogP contribution in [0.25, 0.3) is 0 Å². The molecule has 0 aromatic carbocycles. The summed E-state index contributed by atoms with van der Waals surface area (Å²) in [5, 5.41) is 4.57. The molecule has 31 heavy (non-hydrogen) atoms. The minimum absolute atomic E-state index is 0.0945. The second-order valence-corrected chi connectivity index (χ2v) is 11.8. The first kappa shape index (κ1) is 21.9. The number of carbonyl (C=O) groups excluding carboxylic acids is 1. The molecule has 1 aliphatic heterocycles. The maximum Gasteiger partial charge on any atom is 0.173 e. The summed E-state index contributed by atoms with van der Waals surface area (Å²) in [6.45, 7) is 8.67. The van der Waals surface area contributed by atoms with E-state index in [1.807, 2.05) is 0 Å². The molecule has 0 spiro atoms. The zero-order valence-electron chi connectivity index (χ0n) is 19.6. The highest BCUT2D eigenvalue weighted by Crippen LogP contribution is 2.65. The summed E-state index contributed by atoms with van der Waals surface area (Å²) in [7, 11) is 0. The van der Waals surface area contributed by atoms with Crippen molar-refractivity contribution in [3.63, 3.8) is 0 Å². The maximum atomic E-state index is 14.4. The van der Waals surface area contributed by atoms with Crippen LogP contribution in [-0.2, 0) is 9.63 Å². The van der Waals surface area contributed by atoms with Gasteiger partial charge in [-0.15, -0.1) is 0 Å². The normalized spacial score (nSPS) is 47.0. The number of Topliss-reactive ketones (excluding diaryl/α,β-unsaturated/α-hetero) is 1. The van der Waals surface area contributed by atoms with E-state index in [1.54, 1.807) is 0 Å². The quantitative estimate of drug-likeness (QED) is 0.441. The lowest BCUT2D eigenvalue weighted by atomic mass is 9.45. The molecule has 0 aromatic rings. The molecule has 7 atom stereocenters. The third-order valence-corrected chi connectivity index (χ3v) is 10.3. The minimum Gasteiger partial charge on any atom is -0.394 e. The average Bonchev–Trinajstić information content (AvgIpc) is 3.01. The summed E-state index contributed by atoms with van der Waals surface area (Å²) in [5.41, 5.74) is 1.17. The number of hydrogen-bond donors (Lipinski definition) is 0. The number of carbonyl (C=O) groups is 1. The summed E-state index contributed by atoms with van der Waals surface area (Å²) in [6, 6.07) is 0. The van der Waals surface area contributed by atoms with Crippen molar-refractivity contribution in [2.45, 2.75) is 90.6 Å². The molecule has 0 amide bonds. The van der Waals surface area contributed by atoms with E-state index in [9.17, 15) is 9.18 Å². The Morgan fingerprint density at radius 2 is 1.90 bits per heavy atom. The molecule has 5 unspecified atom stereocenters. The van der Waals surface area contributed by atoms with Gasteiger partial charge in [0.15, 0.2) is 12.0 Å². The number of alkyl halides is 1. The van der Waals surface area contributed by atoms with Gasteiger partial charge in [0.1, 0.15) is 6.61 Å². The van der Waals surface area contributed by atoms with Crippen LogP contribution in [0.4, 0.5) is 4.39 Å². The van der Waals surface area contributed by atoms with Crippen molar-refractivity contribution in [3.8, 4) is 0 Å². The third-order valence-electron chi connectivity index (χ3n) is 10.3. The number of fused-ring (bicyclic) bond motifs is 5. The first-order chi connectivity index (χ1) is 14.9. The number of nitrogens with zero attached hydrogens (tertiary/aromatic N) is 2. The van der Waals surface area contributed by atoms with Crippen molar-refractivity contribution in [1.29, 1.82) is 0 Å². The number of likely N-dealkylation sites (tertiary alicyclic amines) is 1. The Bertz CT molecular complexity index is 720. The highest BCUT2D eigenvalue weighted by Gasteiger charge is 2.62. The van der Waals surface area contributed by atoms with E-state index in [0.717, 1.165) is 38.6 Å². The Kier molecular flexibility index (Phi) is 5.94. The molecule has 4 aliphatic carbocycles. The summed E-state index contributed by atoms with van der Waals surface area (Å²) < 4.78 is 14.4. The van der Waals surface area contributed by atoms with Crippen LogP contribution in [0.15, 0.2) is 5.16 Å². The van der Waals surface area contributed by atoms with Crippen molar-refractivity contribution in [3.05, 3.63) is 0 Å². The van der Waals surface area contributed by atoms with Gasteiger partial charge in [-0.05, 0) is 106 Å². The Balaban J connectivity index is 1.19. The van der Waals surface area contributed by atoms with Gasteiger partial charge in [-0.3, -0.25) is 9.69 Å². The van der Waals surface area contributed by atoms with E-state index in [4.69, 9.17) is 4.84 Å². The van der Waals surface area contributed by atoms with Gasteiger partial charge < -0.3 is 4.84 Å². The predicted octanol–water partition coefficient (Wildman–Crippen LogP) is 5.40. The summed E-state index contributed by atoms with van der Waals surface area (Å²) >= 11 is 0. The number of hydrogen-bond acceptors (Lipinski definition) is 4. The number of oxime groups is 1. The molecule has 0 aromatic heterocycles. The zero-order chi connectivity index (χ0) is 21.6. The van der Waals surface area contributed by atoms with Gasteiger partial charge in [0.25, 0.3) is 0 Å². The molecule has 4 saturated carbocycles. The second-order valence-electron chi connectivity index (χ2n) is 11.8. The molecule has 5 fully saturated rings. The van der Waals surface area contributed by atoms with E-state index >= 15 is 0 Å². The number of rotatable bonds is 4. The SMILES string of the molecule is C[C@]12CCC(=NOCCN3CCCCC3)CC1CCC1C2CC[C@]2(C)C(=O)C(F)CC12. The molecule has 5 aliphatic rings. The minimum atomic E-state index is -1.22. The lowest BCUT2D eigenvalue weighted by Crippen LogP contribution is -2.53. The average molecular weight is 433 g/mol. The van der Waals surface area contributed by atoms with E-state index in [-0.39, 0.29) is 11.7 Å². The molecule has 5 heteroatoms.